The van der Waals surface area contributed by atoms with E-state index in [2.05, 4.69) is 6.58 Å². The van der Waals surface area contributed by atoms with Gasteiger partial charge in [0.05, 0.1) is 0 Å². The van der Waals surface area contributed by atoms with Crippen molar-refractivity contribution < 1.29 is 19.0 Å². The number of hydrogen-bond donors (Lipinski definition) is 0. The first-order chi connectivity index (χ1) is 7.84. The van der Waals surface area contributed by atoms with Crippen molar-refractivity contribution in [2.45, 2.75) is 46.4 Å². The Balaban J connectivity index is 4.69. The van der Waals surface area contributed by atoms with Crippen LogP contribution in [-0.2, 0) is 19.0 Å². The number of esters is 1. The van der Waals surface area contributed by atoms with Crippen LogP contribution < -0.4 is 0 Å². The van der Waals surface area contributed by atoms with E-state index in [0.717, 1.165) is 0 Å². The molecule has 0 aromatic carbocycles. The van der Waals surface area contributed by atoms with Crippen LogP contribution in [0.5, 0.6) is 0 Å². The molecule has 3 atom stereocenters. The molecule has 0 N–H and O–H groups in total. The lowest BCUT2D eigenvalue weighted by molar-refractivity contribution is -0.198. The van der Waals surface area contributed by atoms with Gasteiger partial charge in [0.1, 0.15) is 12.5 Å². The Hall–Kier alpha value is -0.910. The van der Waals surface area contributed by atoms with Gasteiger partial charge >= 0.3 is 5.97 Å². The Bertz CT molecular complexity index is 257. The number of ether oxygens (including phenoxy) is 3. The van der Waals surface area contributed by atoms with Gasteiger partial charge in [0.15, 0.2) is 6.23 Å². The molecular formula is C12H23NO4. The summed E-state index contributed by atoms with van der Waals surface area (Å²) in [6, 6.07) is 0. The highest BCUT2D eigenvalue weighted by Gasteiger charge is 2.27. The molecule has 0 aromatic heterocycles. The summed E-state index contributed by atoms with van der Waals surface area (Å²) in [4.78, 5) is 13.3. The Labute approximate surface area is 103 Å². The predicted molar refractivity (Wildman–Crippen MR) is 65.1 cm³/mol. The normalized spacial score (nSPS) is 16.4. The van der Waals surface area contributed by atoms with Crippen LogP contribution in [-0.4, -0.2) is 43.8 Å². The van der Waals surface area contributed by atoms with Gasteiger partial charge in [0.25, 0.3) is 0 Å². The standard InChI is InChI=1S/C12H23NO4/c1-8(2)12(14)17-11(5)13(9(3)15-6)10(4)16-7/h9-11H,1H2,2-7H3. The first-order valence-corrected chi connectivity index (χ1v) is 5.54. The fraction of sp³-hybridized carbons (Fsp3) is 0.750. The third-order valence-electron chi connectivity index (χ3n) is 2.57. The fourth-order valence-electron chi connectivity index (χ4n) is 1.45. The quantitative estimate of drug-likeness (QED) is 0.388. The molecule has 100 valence electrons. The van der Waals surface area contributed by atoms with Crippen LogP contribution in [0.4, 0.5) is 0 Å². The lowest BCUT2D eigenvalue weighted by Gasteiger charge is -2.36. The van der Waals surface area contributed by atoms with Gasteiger partial charge in [-0.25, -0.2) is 9.69 Å². The van der Waals surface area contributed by atoms with Crippen LogP contribution in [0.25, 0.3) is 0 Å². The molecule has 0 amide bonds. The molecule has 0 fully saturated rings. The Morgan fingerprint density at radius 3 is 1.76 bits per heavy atom. The van der Waals surface area contributed by atoms with E-state index in [1.165, 1.54) is 0 Å². The number of nitrogens with zero attached hydrogens (tertiary/aromatic N) is 1. The van der Waals surface area contributed by atoms with Gasteiger partial charge in [-0.3, -0.25) is 0 Å². The second-order valence-corrected chi connectivity index (χ2v) is 3.90. The molecule has 0 aliphatic heterocycles. The van der Waals surface area contributed by atoms with E-state index >= 15 is 0 Å². The van der Waals surface area contributed by atoms with Crippen molar-refractivity contribution in [2.24, 2.45) is 0 Å². The number of carbonyl (C=O) groups is 1. The molecule has 0 bridgehead atoms. The van der Waals surface area contributed by atoms with Gasteiger partial charge in [-0.1, -0.05) is 6.58 Å². The van der Waals surface area contributed by atoms with Gasteiger partial charge in [-0.15, -0.1) is 0 Å². The average molecular weight is 245 g/mol. The highest BCUT2D eigenvalue weighted by atomic mass is 16.6. The van der Waals surface area contributed by atoms with E-state index < -0.39 is 12.2 Å². The van der Waals surface area contributed by atoms with E-state index in [9.17, 15) is 4.79 Å². The molecule has 0 saturated heterocycles. The molecule has 5 heteroatoms. The van der Waals surface area contributed by atoms with Crippen molar-refractivity contribution in [3.63, 3.8) is 0 Å². The smallest absolute Gasteiger partial charge is 0.334 e. The number of hydrogen-bond acceptors (Lipinski definition) is 5. The average Bonchev–Trinajstić information content (AvgIpc) is 2.28. The lowest BCUT2D eigenvalue weighted by Crippen LogP contribution is -2.49. The third-order valence-corrected chi connectivity index (χ3v) is 2.57. The van der Waals surface area contributed by atoms with E-state index in [1.807, 2.05) is 13.8 Å². The van der Waals surface area contributed by atoms with E-state index in [4.69, 9.17) is 14.2 Å². The van der Waals surface area contributed by atoms with E-state index in [-0.39, 0.29) is 12.5 Å². The molecule has 5 nitrogen and oxygen atoms in total. The number of methoxy groups -OCH3 is 2. The first-order valence-electron chi connectivity index (χ1n) is 5.54. The Kier molecular flexibility index (Phi) is 7.03. The first kappa shape index (κ1) is 16.1. The van der Waals surface area contributed by atoms with Crippen molar-refractivity contribution in [1.29, 1.82) is 0 Å². The minimum Gasteiger partial charge on any atom is -0.443 e. The summed E-state index contributed by atoms with van der Waals surface area (Å²) in [7, 11) is 3.18. The summed E-state index contributed by atoms with van der Waals surface area (Å²) in [6.07, 6.45) is -0.903. The van der Waals surface area contributed by atoms with Gasteiger partial charge in [-0.2, -0.15) is 0 Å². The van der Waals surface area contributed by atoms with Crippen molar-refractivity contribution in [3.05, 3.63) is 12.2 Å². The molecular weight excluding hydrogens is 222 g/mol. The van der Waals surface area contributed by atoms with Crippen molar-refractivity contribution in [2.75, 3.05) is 14.2 Å². The highest BCUT2D eigenvalue weighted by molar-refractivity contribution is 5.87. The van der Waals surface area contributed by atoms with E-state index in [1.54, 1.807) is 33.0 Å². The highest BCUT2D eigenvalue weighted by Crippen LogP contribution is 2.14. The zero-order valence-corrected chi connectivity index (χ0v) is 11.5. The van der Waals surface area contributed by atoms with Crippen LogP contribution in [0.1, 0.15) is 27.7 Å². The van der Waals surface area contributed by atoms with Gasteiger partial charge < -0.3 is 14.2 Å². The third kappa shape index (κ3) is 4.85. The summed E-state index contributed by atoms with van der Waals surface area (Å²) in [5.74, 6) is -0.422. The SMILES string of the molecule is C=C(C)C(=O)OC(C)N(C(C)OC)C(C)OC. The molecule has 0 saturated carbocycles. The van der Waals surface area contributed by atoms with Crippen LogP contribution >= 0.6 is 0 Å². The number of rotatable bonds is 7. The maximum absolute atomic E-state index is 11.4. The molecule has 0 aromatic rings. The maximum atomic E-state index is 11.4. The van der Waals surface area contributed by atoms with Crippen molar-refractivity contribution in [3.8, 4) is 0 Å². The van der Waals surface area contributed by atoms with Gasteiger partial charge in [0, 0.05) is 19.8 Å². The largest absolute Gasteiger partial charge is 0.443 e. The summed E-state index contributed by atoms with van der Waals surface area (Å²) < 4.78 is 15.7. The van der Waals surface area contributed by atoms with Crippen LogP contribution in [0, 0.1) is 0 Å². The Morgan fingerprint density at radius 1 is 1.06 bits per heavy atom. The van der Waals surface area contributed by atoms with Crippen molar-refractivity contribution >= 4 is 5.97 Å². The molecule has 3 unspecified atom stereocenters. The van der Waals surface area contributed by atoms with Crippen LogP contribution in [0.2, 0.25) is 0 Å². The molecule has 0 radical (unpaired) electrons. The molecule has 0 aliphatic carbocycles. The van der Waals surface area contributed by atoms with E-state index in [0.29, 0.717) is 5.57 Å². The molecule has 0 aliphatic rings. The summed E-state index contributed by atoms with van der Waals surface area (Å²) >= 11 is 0. The fourth-order valence-corrected chi connectivity index (χ4v) is 1.45. The summed E-state index contributed by atoms with van der Waals surface area (Å²) in [5, 5.41) is 0. The second-order valence-electron chi connectivity index (χ2n) is 3.90. The molecule has 0 rings (SSSR count). The zero-order valence-electron chi connectivity index (χ0n) is 11.5. The molecule has 0 spiro atoms. The second kappa shape index (κ2) is 7.42. The maximum Gasteiger partial charge on any atom is 0.334 e. The zero-order chi connectivity index (χ0) is 13.6. The summed E-state index contributed by atoms with van der Waals surface area (Å²) in [6.45, 7) is 10.6. The lowest BCUT2D eigenvalue weighted by atomic mass is 10.3. The van der Waals surface area contributed by atoms with Gasteiger partial charge in [0.2, 0.25) is 0 Å². The van der Waals surface area contributed by atoms with Crippen LogP contribution in [0.3, 0.4) is 0 Å². The Morgan fingerprint density at radius 2 is 1.47 bits per heavy atom. The minimum absolute atomic E-state index is 0.224. The summed E-state index contributed by atoms with van der Waals surface area (Å²) in [5.41, 5.74) is 0.368. The molecule has 0 heterocycles. The van der Waals surface area contributed by atoms with Gasteiger partial charge in [-0.05, 0) is 27.7 Å². The van der Waals surface area contributed by atoms with Crippen LogP contribution in [0.15, 0.2) is 12.2 Å². The number of carbonyl (C=O) groups excluding carboxylic acids is 1. The predicted octanol–water partition coefficient (Wildman–Crippen LogP) is 1.74. The minimum atomic E-state index is -0.455. The molecule has 17 heavy (non-hydrogen) atoms. The monoisotopic (exact) mass is 245 g/mol. The van der Waals surface area contributed by atoms with Crippen molar-refractivity contribution in [1.82, 2.24) is 4.90 Å². The topological polar surface area (TPSA) is 48.0 Å².